The van der Waals surface area contributed by atoms with Crippen LogP contribution in [0.1, 0.15) is 19.3 Å². The standard InChI is InChI=1S/C9H15IN4/c10-8-6-13-9(14-7-8)12-5-3-1-2-4-11/h6-7H,1-5,11H2,(H,12,13,14). The van der Waals surface area contributed by atoms with E-state index in [0.717, 1.165) is 35.9 Å². The molecule has 0 bridgehead atoms. The Bertz CT molecular complexity index is 249. The molecule has 5 heteroatoms. The van der Waals surface area contributed by atoms with Gasteiger partial charge in [-0.15, -0.1) is 0 Å². The molecule has 0 aliphatic carbocycles. The molecule has 0 aromatic carbocycles. The lowest BCUT2D eigenvalue weighted by atomic mass is 10.2. The fraction of sp³-hybridized carbons (Fsp3) is 0.556. The molecule has 78 valence electrons. The SMILES string of the molecule is NCCCCCNc1ncc(I)cn1. The molecule has 0 atom stereocenters. The van der Waals surface area contributed by atoms with Crippen molar-refractivity contribution in [2.75, 3.05) is 18.4 Å². The smallest absolute Gasteiger partial charge is 0.222 e. The molecule has 1 heterocycles. The van der Waals surface area contributed by atoms with Crippen molar-refractivity contribution < 1.29 is 0 Å². The zero-order chi connectivity index (χ0) is 10.2. The van der Waals surface area contributed by atoms with Gasteiger partial charge in [-0.05, 0) is 42.0 Å². The van der Waals surface area contributed by atoms with E-state index in [1.54, 1.807) is 12.4 Å². The Morgan fingerprint density at radius 2 is 1.93 bits per heavy atom. The maximum atomic E-state index is 5.39. The molecule has 0 spiro atoms. The normalized spacial score (nSPS) is 10.1. The van der Waals surface area contributed by atoms with E-state index in [9.17, 15) is 0 Å². The third-order valence-electron chi connectivity index (χ3n) is 1.78. The Labute approximate surface area is 97.8 Å². The third-order valence-corrected chi connectivity index (χ3v) is 2.34. The van der Waals surface area contributed by atoms with Crippen molar-refractivity contribution in [3.05, 3.63) is 16.0 Å². The van der Waals surface area contributed by atoms with Crippen LogP contribution >= 0.6 is 22.6 Å². The summed E-state index contributed by atoms with van der Waals surface area (Å²) in [4.78, 5) is 8.28. The summed E-state index contributed by atoms with van der Waals surface area (Å²) in [6.07, 6.45) is 6.97. The van der Waals surface area contributed by atoms with Crippen molar-refractivity contribution >= 4 is 28.5 Å². The van der Waals surface area contributed by atoms with Crippen LogP contribution in [0.25, 0.3) is 0 Å². The van der Waals surface area contributed by atoms with Gasteiger partial charge in [-0.25, -0.2) is 9.97 Å². The quantitative estimate of drug-likeness (QED) is 0.619. The van der Waals surface area contributed by atoms with Crippen molar-refractivity contribution in [1.82, 2.24) is 9.97 Å². The fourth-order valence-electron chi connectivity index (χ4n) is 1.05. The molecule has 1 rings (SSSR count). The van der Waals surface area contributed by atoms with Crippen LogP contribution in [0, 0.1) is 3.57 Å². The summed E-state index contributed by atoms with van der Waals surface area (Å²) in [5.41, 5.74) is 5.39. The highest BCUT2D eigenvalue weighted by molar-refractivity contribution is 14.1. The number of nitrogens with two attached hydrogens (primary N) is 1. The Kier molecular flexibility index (Phi) is 5.77. The minimum absolute atomic E-state index is 0.707. The number of hydrogen-bond donors (Lipinski definition) is 2. The first-order valence-electron chi connectivity index (χ1n) is 4.74. The highest BCUT2D eigenvalue weighted by Crippen LogP contribution is 2.03. The Balaban J connectivity index is 2.15. The van der Waals surface area contributed by atoms with Crippen molar-refractivity contribution in [2.45, 2.75) is 19.3 Å². The van der Waals surface area contributed by atoms with Gasteiger partial charge >= 0.3 is 0 Å². The maximum Gasteiger partial charge on any atom is 0.222 e. The van der Waals surface area contributed by atoms with Crippen molar-refractivity contribution in [3.8, 4) is 0 Å². The largest absolute Gasteiger partial charge is 0.354 e. The van der Waals surface area contributed by atoms with Crippen LogP contribution in [0.2, 0.25) is 0 Å². The van der Waals surface area contributed by atoms with Gasteiger partial charge in [-0.3, -0.25) is 0 Å². The van der Waals surface area contributed by atoms with Gasteiger partial charge in [0.05, 0.1) is 0 Å². The first-order chi connectivity index (χ1) is 6.83. The number of aromatic nitrogens is 2. The van der Waals surface area contributed by atoms with Crippen molar-refractivity contribution in [3.63, 3.8) is 0 Å². The number of unbranched alkanes of at least 4 members (excludes halogenated alkanes) is 2. The topological polar surface area (TPSA) is 63.8 Å². The lowest BCUT2D eigenvalue weighted by Gasteiger charge is -2.03. The molecule has 1 aromatic heterocycles. The van der Waals surface area contributed by atoms with Crippen LogP contribution < -0.4 is 11.1 Å². The second kappa shape index (κ2) is 6.94. The first-order valence-corrected chi connectivity index (χ1v) is 5.82. The zero-order valence-corrected chi connectivity index (χ0v) is 10.2. The number of hydrogen-bond acceptors (Lipinski definition) is 4. The molecule has 0 saturated heterocycles. The second-order valence-electron chi connectivity index (χ2n) is 3.00. The highest BCUT2D eigenvalue weighted by Gasteiger charge is 1.94. The summed E-state index contributed by atoms with van der Waals surface area (Å²) in [6, 6.07) is 0. The number of nitrogens with one attached hydrogen (secondary N) is 1. The van der Waals surface area contributed by atoms with E-state index >= 15 is 0 Å². The van der Waals surface area contributed by atoms with Gasteiger partial charge in [0.2, 0.25) is 5.95 Å². The molecule has 0 radical (unpaired) electrons. The van der Waals surface area contributed by atoms with Crippen LogP contribution in [0.3, 0.4) is 0 Å². The van der Waals surface area contributed by atoms with Gasteiger partial charge in [0.1, 0.15) is 0 Å². The summed E-state index contributed by atoms with van der Waals surface area (Å²) < 4.78 is 1.05. The van der Waals surface area contributed by atoms with E-state index in [0.29, 0.717) is 5.95 Å². The van der Waals surface area contributed by atoms with E-state index in [2.05, 4.69) is 37.9 Å². The van der Waals surface area contributed by atoms with Crippen LogP contribution in [-0.2, 0) is 0 Å². The van der Waals surface area contributed by atoms with E-state index in [-0.39, 0.29) is 0 Å². The monoisotopic (exact) mass is 306 g/mol. The fourth-order valence-corrected chi connectivity index (χ4v) is 1.33. The molecule has 0 amide bonds. The minimum Gasteiger partial charge on any atom is -0.354 e. The maximum absolute atomic E-state index is 5.39. The summed E-state index contributed by atoms with van der Waals surface area (Å²) in [5.74, 6) is 0.707. The molecule has 4 nitrogen and oxygen atoms in total. The predicted molar refractivity (Wildman–Crippen MR) is 66.1 cm³/mol. The van der Waals surface area contributed by atoms with E-state index in [1.807, 2.05) is 0 Å². The lowest BCUT2D eigenvalue weighted by molar-refractivity contribution is 0.705. The van der Waals surface area contributed by atoms with Crippen LogP contribution in [0.4, 0.5) is 5.95 Å². The van der Waals surface area contributed by atoms with Crippen LogP contribution in [0.5, 0.6) is 0 Å². The minimum atomic E-state index is 0.707. The average Bonchev–Trinajstić information content (AvgIpc) is 2.21. The first kappa shape index (κ1) is 11.6. The molecule has 0 aliphatic rings. The van der Waals surface area contributed by atoms with Crippen molar-refractivity contribution in [2.24, 2.45) is 5.73 Å². The molecule has 0 fully saturated rings. The summed E-state index contributed by atoms with van der Waals surface area (Å²) in [5, 5.41) is 3.16. The number of nitrogens with zero attached hydrogens (tertiary/aromatic N) is 2. The number of anilines is 1. The summed E-state index contributed by atoms with van der Waals surface area (Å²) >= 11 is 2.19. The summed E-state index contributed by atoms with van der Waals surface area (Å²) in [6.45, 7) is 1.70. The van der Waals surface area contributed by atoms with E-state index < -0.39 is 0 Å². The van der Waals surface area contributed by atoms with Gasteiger partial charge in [0, 0.05) is 22.5 Å². The van der Waals surface area contributed by atoms with Gasteiger partial charge < -0.3 is 11.1 Å². The average molecular weight is 306 g/mol. The third kappa shape index (κ3) is 4.71. The van der Waals surface area contributed by atoms with Gasteiger partial charge in [-0.1, -0.05) is 6.42 Å². The van der Waals surface area contributed by atoms with Crippen LogP contribution in [-0.4, -0.2) is 23.1 Å². The zero-order valence-electron chi connectivity index (χ0n) is 8.04. The number of rotatable bonds is 6. The molecule has 0 saturated carbocycles. The molecular weight excluding hydrogens is 291 g/mol. The lowest BCUT2D eigenvalue weighted by Crippen LogP contribution is -2.06. The molecule has 0 aliphatic heterocycles. The Morgan fingerprint density at radius 1 is 1.21 bits per heavy atom. The Hall–Kier alpha value is -0.430. The second-order valence-corrected chi connectivity index (χ2v) is 4.25. The van der Waals surface area contributed by atoms with Crippen molar-refractivity contribution in [1.29, 1.82) is 0 Å². The Morgan fingerprint density at radius 3 is 2.57 bits per heavy atom. The molecular formula is C9H15IN4. The van der Waals surface area contributed by atoms with E-state index in [1.165, 1.54) is 0 Å². The predicted octanol–water partition coefficient (Wildman–Crippen LogP) is 1.62. The number of halogens is 1. The van der Waals surface area contributed by atoms with Crippen LogP contribution in [0.15, 0.2) is 12.4 Å². The van der Waals surface area contributed by atoms with Gasteiger partial charge in [0.15, 0.2) is 0 Å². The molecule has 1 aromatic rings. The van der Waals surface area contributed by atoms with Gasteiger partial charge in [-0.2, -0.15) is 0 Å². The van der Waals surface area contributed by atoms with E-state index in [4.69, 9.17) is 5.73 Å². The highest BCUT2D eigenvalue weighted by atomic mass is 127. The summed E-state index contributed by atoms with van der Waals surface area (Å²) in [7, 11) is 0. The van der Waals surface area contributed by atoms with Gasteiger partial charge in [0.25, 0.3) is 0 Å². The molecule has 3 N–H and O–H groups in total. The molecule has 0 unspecified atom stereocenters. The molecule has 14 heavy (non-hydrogen) atoms.